The summed E-state index contributed by atoms with van der Waals surface area (Å²) in [4.78, 5) is 11.0. The first-order valence-electron chi connectivity index (χ1n) is 4.49. The molecule has 0 aliphatic rings. The summed E-state index contributed by atoms with van der Waals surface area (Å²) in [5.74, 6) is -1.78. The van der Waals surface area contributed by atoms with Crippen molar-refractivity contribution in [3.05, 3.63) is 15.9 Å². The van der Waals surface area contributed by atoms with Gasteiger partial charge in [0.2, 0.25) is 9.84 Å². The van der Waals surface area contributed by atoms with Crippen LogP contribution in [-0.2, 0) is 14.6 Å². The molecule has 90 valence electrons. The van der Waals surface area contributed by atoms with Crippen molar-refractivity contribution in [3.63, 3.8) is 0 Å². The number of rotatable bonds is 4. The maximum Gasteiger partial charge on any atom is 0.322 e. The quantitative estimate of drug-likeness (QED) is 0.922. The Morgan fingerprint density at radius 3 is 2.31 bits per heavy atom. The summed E-state index contributed by atoms with van der Waals surface area (Å²) in [6.45, 7) is 3.16. The van der Waals surface area contributed by atoms with Gasteiger partial charge in [0.25, 0.3) is 0 Å². The number of aliphatic carboxylic acids is 1. The van der Waals surface area contributed by atoms with Gasteiger partial charge in [0.1, 0.15) is 4.21 Å². The first-order valence-corrected chi connectivity index (χ1v) is 7.64. The van der Waals surface area contributed by atoms with E-state index >= 15 is 0 Å². The molecule has 1 heterocycles. The predicted molar refractivity (Wildman–Crippen MR) is 65.5 cm³/mol. The zero-order valence-corrected chi connectivity index (χ0v) is 11.9. The van der Waals surface area contributed by atoms with E-state index in [0.29, 0.717) is 3.79 Å². The third-order valence-electron chi connectivity index (χ3n) is 2.01. The Morgan fingerprint density at radius 1 is 1.44 bits per heavy atom. The monoisotopic (exact) mass is 326 g/mol. The van der Waals surface area contributed by atoms with Crippen LogP contribution in [-0.4, -0.2) is 24.7 Å². The first-order chi connectivity index (χ1) is 7.26. The van der Waals surface area contributed by atoms with Crippen molar-refractivity contribution >= 4 is 43.1 Å². The molecule has 0 fully saturated rings. The summed E-state index contributed by atoms with van der Waals surface area (Å²) in [5, 5.41) is 7.57. The van der Waals surface area contributed by atoms with Crippen LogP contribution in [0.25, 0.3) is 0 Å². The predicted octanol–water partition coefficient (Wildman–Crippen LogP) is 2.39. The third-order valence-corrected chi connectivity index (χ3v) is 6.49. The minimum absolute atomic E-state index is 0.0838. The van der Waals surface area contributed by atoms with Crippen molar-refractivity contribution < 1.29 is 18.3 Å². The molecule has 7 heteroatoms. The van der Waals surface area contributed by atoms with Gasteiger partial charge in [0.15, 0.2) is 5.25 Å². The van der Waals surface area contributed by atoms with Crippen LogP contribution in [0.2, 0.25) is 0 Å². The number of carboxylic acids is 1. The molecule has 1 unspecified atom stereocenters. The molecule has 0 saturated carbocycles. The van der Waals surface area contributed by atoms with Crippen molar-refractivity contribution in [2.45, 2.75) is 23.3 Å². The molecule has 0 aliphatic heterocycles. The van der Waals surface area contributed by atoms with E-state index in [2.05, 4.69) is 15.9 Å². The van der Waals surface area contributed by atoms with Crippen LogP contribution in [0.15, 0.2) is 20.1 Å². The Hall–Kier alpha value is -0.400. The highest BCUT2D eigenvalue weighted by molar-refractivity contribution is 9.11. The number of hydrogen-bond acceptors (Lipinski definition) is 4. The van der Waals surface area contributed by atoms with Crippen molar-refractivity contribution in [3.8, 4) is 0 Å². The van der Waals surface area contributed by atoms with Crippen LogP contribution < -0.4 is 0 Å². The Kier molecular flexibility index (Phi) is 4.14. The second-order valence-corrected chi connectivity index (χ2v) is 8.37. The standard InChI is InChI=1S/C9H11BrO4S2/c1-5(2)8(9(11)12)16(13,14)7-4-3-6(10)15-7/h3-5,8H,1-2H3,(H,11,12). The van der Waals surface area contributed by atoms with Crippen LogP contribution in [0.3, 0.4) is 0 Å². The van der Waals surface area contributed by atoms with E-state index in [-0.39, 0.29) is 4.21 Å². The van der Waals surface area contributed by atoms with E-state index in [1.807, 2.05) is 0 Å². The zero-order chi connectivity index (χ0) is 12.5. The van der Waals surface area contributed by atoms with Gasteiger partial charge in [-0.2, -0.15) is 0 Å². The molecule has 0 radical (unpaired) electrons. The van der Waals surface area contributed by atoms with E-state index in [1.54, 1.807) is 19.9 Å². The summed E-state index contributed by atoms with van der Waals surface area (Å²) >= 11 is 4.18. The minimum atomic E-state index is -3.79. The molecule has 0 amide bonds. The van der Waals surface area contributed by atoms with Gasteiger partial charge in [0, 0.05) is 0 Å². The number of thiophene rings is 1. The molecule has 1 N–H and O–H groups in total. The normalized spacial score (nSPS) is 14.0. The number of hydrogen-bond donors (Lipinski definition) is 1. The Balaban J connectivity index is 3.24. The highest BCUT2D eigenvalue weighted by atomic mass is 79.9. The fourth-order valence-corrected chi connectivity index (χ4v) is 5.33. The van der Waals surface area contributed by atoms with Crippen molar-refractivity contribution in [1.82, 2.24) is 0 Å². The van der Waals surface area contributed by atoms with Crippen molar-refractivity contribution in [2.75, 3.05) is 0 Å². The van der Waals surface area contributed by atoms with Crippen LogP contribution in [0.4, 0.5) is 0 Å². The van der Waals surface area contributed by atoms with Gasteiger partial charge >= 0.3 is 5.97 Å². The van der Waals surface area contributed by atoms with Gasteiger partial charge in [-0.25, -0.2) is 8.42 Å². The van der Waals surface area contributed by atoms with Crippen LogP contribution in [0.1, 0.15) is 13.8 Å². The van der Waals surface area contributed by atoms with Crippen LogP contribution >= 0.6 is 27.3 Å². The number of halogens is 1. The lowest BCUT2D eigenvalue weighted by atomic mass is 10.1. The van der Waals surface area contributed by atoms with Crippen molar-refractivity contribution in [1.29, 1.82) is 0 Å². The van der Waals surface area contributed by atoms with E-state index < -0.39 is 27.0 Å². The lowest BCUT2D eigenvalue weighted by Crippen LogP contribution is -2.34. The van der Waals surface area contributed by atoms with Gasteiger partial charge in [-0.05, 0) is 34.0 Å². The average molecular weight is 327 g/mol. The summed E-state index contributed by atoms with van der Waals surface area (Å²) in [5.41, 5.74) is 0. The number of sulfone groups is 1. The molecule has 4 nitrogen and oxygen atoms in total. The zero-order valence-electron chi connectivity index (χ0n) is 8.68. The van der Waals surface area contributed by atoms with Gasteiger partial charge in [-0.15, -0.1) is 11.3 Å². The largest absolute Gasteiger partial charge is 0.480 e. The lowest BCUT2D eigenvalue weighted by molar-refractivity contribution is -0.137. The Labute approximate surface area is 106 Å². The fourth-order valence-electron chi connectivity index (χ4n) is 1.35. The molecule has 16 heavy (non-hydrogen) atoms. The molecule has 0 bridgehead atoms. The molecular formula is C9H11BrO4S2. The molecule has 0 spiro atoms. The molecule has 0 aliphatic carbocycles. The minimum Gasteiger partial charge on any atom is -0.480 e. The smallest absolute Gasteiger partial charge is 0.322 e. The van der Waals surface area contributed by atoms with E-state index in [9.17, 15) is 13.2 Å². The maximum atomic E-state index is 12.0. The fraction of sp³-hybridized carbons (Fsp3) is 0.444. The molecule has 0 aromatic carbocycles. The second-order valence-electron chi connectivity index (χ2n) is 3.61. The average Bonchev–Trinajstić information content (AvgIpc) is 2.49. The SMILES string of the molecule is CC(C)C(C(=O)O)S(=O)(=O)c1ccc(Br)s1. The highest BCUT2D eigenvalue weighted by Crippen LogP contribution is 2.30. The van der Waals surface area contributed by atoms with Crippen LogP contribution in [0.5, 0.6) is 0 Å². The summed E-state index contributed by atoms with van der Waals surface area (Å²) in [6, 6.07) is 3.01. The van der Waals surface area contributed by atoms with Gasteiger partial charge in [-0.3, -0.25) is 4.79 Å². The molecule has 1 atom stereocenters. The molecule has 1 aromatic heterocycles. The van der Waals surface area contributed by atoms with Crippen LogP contribution in [0, 0.1) is 5.92 Å². The molecule has 0 saturated heterocycles. The van der Waals surface area contributed by atoms with Gasteiger partial charge < -0.3 is 5.11 Å². The maximum absolute atomic E-state index is 12.0. The van der Waals surface area contributed by atoms with Gasteiger partial charge in [-0.1, -0.05) is 13.8 Å². The van der Waals surface area contributed by atoms with E-state index in [4.69, 9.17) is 5.11 Å². The summed E-state index contributed by atoms with van der Waals surface area (Å²) in [6.07, 6.45) is 0. The van der Waals surface area contributed by atoms with E-state index in [0.717, 1.165) is 11.3 Å². The molecular weight excluding hydrogens is 316 g/mol. The lowest BCUT2D eigenvalue weighted by Gasteiger charge is -2.15. The Bertz CT molecular complexity index is 489. The molecule has 1 aromatic rings. The Morgan fingerprint density at radius 2 is 2.00 bits per heavy atom. The number of carbonyl (C=O) groups is 1. The first kappa shape index (κ1) is 13.7. The third kappa shape index (κ3) is 2.64. The van der Waals surface area contributed by atoms with E-state index in [1.165, 1.54) is 6.07 Å². The van der Waals surface area contributed by atoms with Crippen molar-refractivity contribution in [2.24, 2.45) is 5.92 Å². The topological polar surface area (TPSA) is 71.4 Å². The van der Waals surface area contributed by atoms with Gasteiger partial charge in [0.05, 0.1) is 3.79 Å². The second kappa shape index (κ2) is 4.85. The number of carboxylic acid groups (broad SMARTS) is 1. The molecule has 1 rings (SSSR count). The summed E-state index contributed by atoms with van der Waals surface area (Å²) in [7, 11) is -3.79. The highest BCUT2D eigenvalue weighted by Gasteiger charge is 2.37. The summed E-state index contributed by atoms with van der Waals surface area (Å²) < 4.78 is 24.8.